The molecule has 0 aliphatic carbocycles. The molecule has 4 rings (SSSR count). The van der Waals surface area contributed by atoms with Gasteiger partial charge in [0.2, 0.25) is 5.90 Å². The van der Waals surface area contributed by atoms with Gasteiger partial charge in [-0.15, -0.1) is 0 Å². The molecule has 1 aliphatic rings. The van der Waals surface area contributed by atoms with E-state index in [-0.39, 0.29) is 58.0 Å². The van der Waals surface area contributed by atoms with Gasteiger partial charge in [0.05, 0.1) is 75.3 Å². The van der Waals surface area contributed by atoms with E-state index in [1.807, 2.05) is 42.5 Å². The van der Waals surface area contributed by atoms with Crippen molar-refractivity contribution in [2.75, 3.05) is 66.1 Å². The average Bonchev–Trinajstić information content (AvgIpc) is 3.47. The van der Waals surface area contributed by atoms with E-state index in [9.17, 15) is 5.11 Å². The largest absolute Gasteiger partial charge is 0.494 e. The number of nitrogens with zero attached hydrogens (tertiary/aromatic N) is 2. The van der Waals surface area contributed by atoms with Crippen LogP contribution in [-0.4, -0.2) is 98.0 Å². The number of aliphatic hydroxyl groups excluding tert-OH is 2. The van der Waals surface area contributed by atoms with Crippen molar-refractivity contribution in [2.45, 2.75) is 12.3 Å². The maximum atomic E-state index is 10.9. The van der Waals surface area contributed by atoms with E-state index in [1.54, 1.807) is 0 Å². The number of fused-ring (bicyclic) bond motifs is 2. The highest BCUT2D eigenvalue weighted by Gasteiger charge is 2.33. The lowest BCUT2D eigenvalue weighted by molar-refractivity contribution is 0.00678. The zero-order chi connectivity index (χ0) is 28.2. The number of hydrogen-bond donors (Lipinski definition) is 4. The molecule has 4 N–H and O–H groups in total. The van der Waals surface area contributed by atoms with Gasteiger partial charge >= 0.3 is 0 Å². The first-order valence-corrected chi connectivity index (χ1v) is 13.9. The number of halogens is 1. The minimum absolute atomic E-state index is 0.0265. The number of hydrogen-bond acceptors (Lipinski definition) is 10. The number of aliphatic imine (C=N–C) groups is 1. The third-order valence-corrected chi connectivity index (χ3v) is 6.58. The minimum Gasteiger partial charge on any atom is -0.494 e. The van der Waals surface area contributed by atoms with Crippen molar-refractivity contribution in [2.24, 2.45) is 10.1 Å². The minimum atomic E-state index is -0.259. The standard InChI is InChI=1S/C28H34BrN3O8/c29-19-5-6-21-24(17-19)31-28(35)26(21)27-22(20-3-1-2-4-23(20)30-27)18-25(39-15-13-37-10-8-34)32-40-16-14-38-12-11-36-9-7-33/h1-6,17,22,31,33-35H,7-16,18H2. The highest BCUT2D eigenvalue weighted by Crippen LogP contribution is 2.43. The monoisotopic (exact) mass is 619 g/mol. The summed E-state index contributed by atoms with van der Waals surface area (Å²) in [6.45, 7) is 2.15. The van der Waals surface area contributed by atoms with Crippen LogP contribution in [0, 0.1) is 0 Å². The molecule has 12 heteroatoms. The van der Waals surface area contributed by atoms with Crippen LogP contribution in [0.4, 0.5) is 5.69 Å². The molecule has 1 aliphatic heterocycles. The van der Waals surface area contributed by atoms with Crippen molar-refractivity contribution in [1.82, 2.24) is 4.98 Å². The Kier molecular flexibility index (Phi) is 11.8. The molecule has 0 bridgehead atoms. The fourth-order valence-corrected chi connectivity index (χ4v) is 4.73. The molecule has 1 aromatic heterocycles. The molecule has 40 heavy (non-hydrogen) atoms. The molecule has 0 amide bonds. The molecule has 1 atom stereocenters. The predicted octanol–water partition coefficient (Wildman–Crippen LogP) is 3.63. The molecule has 2 aromatic carbocycles. The summed E-state index contributed by atoms with van der Waals surface area (Å²) in [4.78, 5) is 13.5. The SMILES string of the molecule is OCCOCCOCCON=C(CC1C(c2c(O)[nH]c3cc(Br)ccc23)=Nc2ccccc21)OCCOCCO. The molecule has 2 heterocycles. The van der Waals surface area contributed by atoms with E-state index in [0.717, 1.165) is 26.6 Å². The van der Waals surface area contributed by atoms with E-state index >= 15 is 0 Å². The normalized spacial score (nSPS) is 14.9. The predicted molar refractivity (Wildman–Crippen MR) is 154 cm³/mol. The van der Waals surface area contributed by atoms with Crippen molar-refractivity contribution in [1.29, 1.82) is 0 Å². The van der Waals surface area contributed by atoms with Crippen LogP contribution in [0.1, 0.15) is 23.5 Å². The van der Waals surface area contributed by atoms with Crippen LogP contribution in [0.3, 0.4) is 0 Å². The molecule has 0 fully saturated rings. The number of aromatic amines is 1. The van der Waals surface area contributed by atoms with E-state index in [4.69, 9.17) is 39.0 Å². The van der Waals surface area contributed by atoms with E-state index < -0.39 is 0 Å². The van der Waals surface area contributed by atoms with E-state index in [2.05, 4.69) is 26.1 Å². The summed E-state index contributed by atoms with van der Waals surface area (Å²) >= 11 is 3.48. The molecule has 216 valence electrons. The van der Waals surface area contributed by atoms with Gasteiger partial charge in [-0.2, -0.15) is 0 Å². The number of ether oxygens (including phenoxy) is 4. The van der Waals surface area contributed by atoms with Crippen molar-refractivity contribution < 1.29 is 39.1 Å². The van der Waals surface area contributed by atoms with Gasteiger partial charge in [0.1, 0.15) is 13.2 Å². The maximum absolute atomic E-state index is 10.9. The summed E-state index contributed by atoms with van der Waals surface area (Å²) in [5.74, 6) is 0.124. The number of para-hydroxylation sites is 1. The average molecular weight is 620 g/mol. The van der Waals surface area contributed by atoms with Crippen LogP contribution in [0.5, 0.6) is 5.88 Å². The van der Waals surface area contributed by atoms with Crippen LogP contribution in [-0.2, 0) is 23.8 Å². The lowest BCUT2D eigenvalue weighted by Crippen LogP contribution is -2.19. The smallest absolute Gasteiger partial charge is 0.226 e. The molecule has 3 aromatic rings. The third-order valence-electron chi connectivity index (χ3n) is 6.08. The Morgan fingerprint density at radius 1 is 0.900 bits per heavy atom. The second kappa shape index (κ2) is 15.7. The molecule has 1 unspecified atom stereocenters. The molecule has 0 radical (unpaired) electrons. The number of aromatic nitrogens is 1. The quantitative estimate of drug-likeness (QED) is 0.0775. The van der Waals surface area contributed by atoms with Gasteiger partial charge in [0.15, 0.2) is 5.88 Å². The Balaban J connectivity index is 1.50. The molecule has 0 saturated carbocycles. The van der Waals surface area contributed by atoms with Gasteiger partial charge in [0, 0.05) is 22.2 Å². The summed E-state index contributed by atoms with van der Waals surface area (Å²) in [5, 5.41) is 33.7. The lowest BCUT2D eigenvalue weighted by atomic mass is 9.88. The van der Waals surface area contributed by atoms with Crippen LogP contribution in [0.25, 0.3) is 10.9 Å². The van der Waals surface area contributed by atoms with Crippen LogP contribution >= 0.6 is 15.9 Å². The Labute approximate surface area is 240 Å². The second-order valence-corrected chi connectivity index (χ2v) is 9.72. The molecule has 0 saturated heterocycles. The van der Waals surface area contributed by atoms with Gasteiger partial charge in [-0.05, 0) is 23.8 Å². The third kappa shape index (κ3) is 8.03. The summed E-state index contributed by atoms with van der Waals surface area (Å²) in [6.07, 6.45) is 0.328. The van der Waals surface area contributed by atoms with Crippen LogP contribution < -0.4 is 0 Å². The van der Waals surface area contributed by atoms with Gasteiger partial charge in [-0.25, -0.2) is 0 Å². The Morgan fingerprint density at radius 3 is 2.38 bits per heavy atom. The Hall–Kier alpha value is -3.00. The van der Waals surface area contributed by atoms with Gasteiger partial charge < -0.3 is 44.1 Å². The molecular formula is C28H34BrN3O8. The summed E-state index contributed by atoms with van der Waals surface area (Å²) in [5.41, 5.74) is 3.92. The zero-order valence-electron chi connectivity index (χ0n) is 22.1. The van der Waals surface area contributed by atoms with Gasteiger partial charge in [-0.1, -0.05) is 45.4 Å². The number of aromatic hydroxyl groups is 1. The fourth-order valence-electron chi connectivity index (χ4n) is 4.37. The number of nitrogens with one attached hydrogen (secondary N) is 1. The zero-order valence-corrected chi connectivity index (χ0v) is 23.6. The maximum Gasteiger partial charge on any atom is 0.226 e. The molecular weight excluding hydrogens is 586 g/mol. The first kappa shape index (κ1) is 30.0. The number of aliphatic hydroxyl groups is 2. The number of oxime groups is 1. The van der Waals surface area contributed by atoms with Crippen molar-refractivity contribution in [3.8, 4) is 5.88 Å². The van der Waals surface area contributed by atoms with Crippen molar-refractivity contribution in [3.05, 3.63) is 58.1 Å². The van der Waals surface area contributed by atoms with Crippen molar-refractivity contribution in [3.63, 3.8) is 0 Å². The summed E-state index contributed by atoms with van der Waals surface area (Å²) < 4.78 is 22.8. The first-order chi connectivity index (χ1) is 19.6. The highest BCUT2D eigenvalue weighted by atomic mass is 79.9. The summed E-state index contributed by atoms with van der Waals surface area (Å²) in [6, 6.07) is 13.6. The van der Waals surface area contributed by atoms with E-state index in [0.29, 0.717) is 43.4 Å². The first-order valence-electron chi connectivity index (χ1n) is 13.1. The van der Waals surface area contributed by atoms with Crippen LogP contribution in [0.2, 0.25) is 0 Å². The number of benzene rings is 2. The van der Waals surface area contributed by atoms with Gasteiger partial charge in [0.25, 0.3) is 0 Å². The topological polar surface area (TPSA) is 147 Å². The Morgan fingerprint density at radius 2 is 1.60 bits per heavy atom. The number of rotatable bonds is 17. The fraction of sp³-hybridized carbons (Fsp3) is 0.429. The number of H-pyrrole nitrogens is 1. The van der Waals surface area contributed by atoms with Crippen molar-refractivity contribution >= 4 is 44.1 Å². The molecule has 0 spiro atoms. The Bertz CT molecular complexity index is 1300. The molecule has 11 nitrogen and oxygen atoms in total. The highest BCUT2D eigenvalue weighted by molar-refractivity contribution is 9.10. The lowest BCUT2D eigenvalue weighted by Gasteiger charge is -2.17. The van der Waals surface area contributed by atoms with Gasteiger partial charge in [-0.3, -0.25) is 4.99 Å². The van der Waals surface area contributed by atoms with E-state index in [1.165, 1.54) is 0 Å². The second-order valence-electron chi connectivity index (χ2n) is 8.80. The summed E-state index contributed by atoms with van der Waals surface area (Å²) in [7, 11) is 0. The van der Waals surface area contributed by atoms with Crippen LogP contribution in [0.15, 0.2) is 57.1 Å².